The second-order valence-electron chi connectivity index (χ2n) is 8.06. The first kappa shape index (κ1) is 20.4. The van der Waals surface area contributed by atoms with Crippen LogP contribution in [-0.4, -0.2) is 47.7 Å². The number of benzene rings is 1. The fourth-order valence-electron chi connectivity index (χ4n) is 4.36. The molecule has 156 valence electrons. The van der Waals surface area contributed by atoms with Gasteiger partial charge in [0.2, 0.25) is 10.0 Å². The van der Waals surface area contributed by atoms with Gasteiger partial charge in [0.1, 0.15) is 4.90 Å². The molecule has 29 heavy (non-hydrogen) atoms. The van der Waals surface area contributed by atoms with Gasteiger partial charge >= 0.3 is 0 Å². The maximum Gasteiger partial charge on any atom is 0.254 e. The van der Waals surface area contributed by atoms with E-state index in [9.17, 15) is 13.2 Å². The molecule has 2 aliphatic rings. The van der Waals surface area contributed by atoms with E-state index in [1.54, 1.807) is 11.0 Å². The molecule has 1 fully saturated rings. The van der Waals surface area contributed by atoms with Gasteiger partial charge in [0, 0.05) is 43.6 Å². The third kappa shape index (κ3) is 3.71. The van der Waals surface area contributed by atoms with Crippen LogP contribution in [0.2, 0.25) is 5.02 Å². The maximum atomic E-state index is 13.2. The highest BCUT2D eigenvalue weighted by Crippen LogP contribution is 2.31. The number of piperidine rings is 1. The SMILES string of the molecule is C[C@H]1CCCN(S(=O)(=O)c2cc(C(=O)N3CCn4cccc4[C@@H]3C)ccc2Cl)C1. The van der Waals surface area contributed by atoms with Crippen molar-refractivity contribution < 1.29 is 13.2 Å². The number of nitrogens with zero attached hydrogens (tertiary/aromatic N) is 3. The number of amides is 1. The summed E-state index contributed by atoms with van der Waals surface area (Å²) in [6.45, 7) is 6.32. The lowest BCUT2D eigenvalue weighted by atomic mass is 10.0. The summed E-state index contributed by atoms with van der Waals surface area (Å²) >= 11 is 6.27. The summed E-state index contributed by atoms with van der Waals surface area (Å²) in [6, 6.07) is 8.49. The molecular formula is C21H26ClN3O3S. The van der Waals surface area contributed by atoms with E-state index in [0.717, 1.165) is 25.1 Å². The highest BCUT2D eigenvalue weighted by atomic mass is 35.5. The molecule has 0 bridgehead atoms. The van der Waals surface area contributed by atoms with Crippen LogP contribution in [0.15, 0.2) is 41.4 Å². The van der Waals surface area contributed by atoms with Gasteiger partial charge in [-0.25, -0.2) is 8.42 Å². The molecule has 2 aliphatic heterocycles. The van der Waals surface area contributed by atoms with Gasteiger partial charge in [-0.1, -0.05) is 18.5 Å². The molecule has 6 nitrogen and oxygen atoms in total. The van der Waals surface area contributed by atoms with Crippen molar-refractivity contribution in [3.63, 3.8) is 0 Å². The minimum Gasteiger partial charge on any atom is -0.348 e. The fourth-order valence-corrected chi connectivity index (χ4v) is 6.46. The van der Waals surface area contributed by atoms with Crippen molar-refractivity contribution in [2.45, 2.75) is 44.2 Å². The Balaban J connectivity index is 1.64. The molecule has 1 saturated heterocycles. The zero-order valence-electron chi connectivity index (χ0n) is 16.7. The molecule has 2 atom stereocenters. The highest BCUT2D eigenvalue weighted by molar-refractivity contribution is 7.89. The lowest BCUT2D eigenvalue weighted by molar-refractivity contribution is 0.0644. The third-order valence-electron chi connectivity index (χ3n) is 6.02. The number of sulfonamides is 1. The Bertz CT molecular complexity index is 1030. The number of carbonyl (C=O) groups excluding carboxylic acids is 1. The number of hydrogen-bond donors (Lipinski definition) is 0. The number of hydrogen-bond acceptors (Lipinski definition) is 3. The van der Waals surface area contributed by atoms with Gasteiger partial charge in [-0.3, -0.25) is 4.79 Å². The third-order valence-corrected chi connectivity index (χ3v) is 8.37. The van der Waals surface area contributed by atoms with E-state index in [1.165, 1.54) is 16.4 Å². The average molecular weight is 436 g/mol. The second kappa shape index (κ2) is 7.78. The quantitative estimate of drug-likeness (QED) is 0.737. The normalized spacial score (nSPS) is 23.1. The van der Waals surface area contributed by atoms with Gasteiger partial charge in [0.25, 0.3) is 5.91 Å². The van der Waals surface area contributed by atoms with Crippen LogP contribution in [-0.2, 0) is 16.6 Å². The molecule has 4 rings (SSSR count). The Labute approximate surface area is 177 Å². The molecule has 1 amide bonds. The van der Waals surface area contributed by atoms with Crippen molar-refractivity contribution >= 4 is 27.5 Å². The molecule has 0 spiro atoms. The van der Waals surface area contributed by atoms with Crippen molar-refractivity contribution in [3.05, 3.63) is 52.8 Å². The summed E-state index contributed by atoms with van der Waals surface area (Å²) in [5.41, 5.74) is 1.43. The Kier molecular flexibility index (Phi) is 5.48. The van der Waals surface area contributed by atoms with Crippen molar-refractivity contribution in [2.75, 3.05) is 19.6 Å². The minimum atomic E-state index is -3.74. The van der Waals surface area contributed by atoms with Crippen LogP contribution < -0.4 is 0 Å². The monoisotopic (exact) mass is 435 g/mol. The molecule has 3 heterocycles. The summed E-state index contributed by atoms with van der Waals surface area (Å²) in [5.74, 6) is 0.137. The van der Waals surface area contributed by atoms with Gasteiger partial charge < -0.3 is 9.47 Å². The summed E-state index contributed by atoms with van der Waals surface area (Å²) in [4.78, 5) is 15.0. The smallest absolute Gasteiger partial charge is 0.254 e. The first-order valence-corrected chi connectivity index (χ1v) is 11.9. The molecule has 1 aromatic carbocycles. The minimum absolute atomic E-state index is 0.0205. The van der Waals surface area contributed by atoms with Crippen molar-refractivity contribution in [1.29, 1.82) is 0 Å². The molecule has 8 heteroatoms. The van der Waals surface area contributed by atoms with Crippen molar-refractivity contribution in [1.82, 2.24) is 13.8 Å². The predicted molar refractivity (Wildman–Crippen MR) is 112 cm³/mol. The van der Waals surface area contributed by atoms with Gasteiger partial charge in [-0.15, -0.1) is 0 Å². The van der Waals surface area contributed by atoms with E-state index in [2.05, 4.69) is 11.5 Å². The Hall–Kier alpha value is -1.83. The lowest BCUT2D eigenvalue weighted by Gasteiger charge is -2.35. The van der Waals surface area contributed by atoms with Crippen molar-refractivity contribution in [3.8, 4) is 0 Å². The Morgan fingerprint density at radius 2 is 1.93 bits per heavy atom. The number of fused-ring (bicyclic) bond motifs is 1. The maximum absolute atomic E-state index is 13.2. The standard InChI is InChI=1S/C21H26ClN3O3S/c1-15-5-3-10-24(14-15)29(27,28)20-13-17(7-8-18(20)22)21(26)25-12-11-23-9-4-6-19(23)16(25)2/h4,6-9,13,15-16H,3,5,10-12,14H2,1-2H3/t15-,16-/m0/s1. The Morgan fingerprint density at radius 3 is 2.69 bits per heavy atom. The van der Waals surface area contributed by atoms with Crippen molar-refractivity contribution in [2.24, 2.45) is 5.92 Å². The highest BCUT2D eigenvalue weighted by Gasteiger charge is 2.33. The molecule has 0 radical (unpaired) electrons. The van der Waals surface area contributed by atoms with E-state index in [4.69, 9.17) is 11.6 Å². The summed E-state index contributed by atoms with van der Waals surface area (Å²) in [6.07, 6.45) is 3.87. The first-order chi connectivity index (χ1) is 13.8. The van der Waals surface area contributed by atoms with E-state index in [1.807, 2.05) is 25.3 Å². The number of carbonyl (C=O) groups is 1. The van der Waals surface area contributed by atoms with Gasteiger partial charge in [0.15, 0.2) is 0 Å². The van der Waals surface area contributed by atoms with E-state index in [-0.39, 0.29) is 21.9 Å². The lowest BCUT2D eigenvalue weighted by Crippen LogP contribution is -2.41. The van der Waals surface area contributed by atoms with Gasteiger partial charge in [0.05, 0.1) is 11.1 Å². The largest absolute Gasteiger partial charge is 0.348 e. The molecule has 2 aromatic rings. The zero-order valence-corrected chi connectivity index (χ0v) is 18.3. The summed E-state index contributed by atoms with van der Waals surface area (Å²) < 4.78 is 30.1. The molecule has 0 N–H and O–H groups in total. The van der Waals surface area contributed by atoms with Crippen LogP contribution in [0.4, 0.5) is 0 Å². The van der Waals surface area contributed by atoms with Crippen LogP contribution in [0.25, 0.3) is 0 Å². The molecular weight excluding hydrogens is 410 g/mol. The molecule has 0 aliphatic carbocycles. The van der Waals surface area contributed by atoms with Crippen LogP contribution in [0.3, 0.4) is 0 Å². The molecule has 0 saturated carbocycles. The molecule has 1 aromatic heterocycles. The van der Waals surface area contributed by atoms with E-state index < -0.39 is 10.0 Å². The first-order valence-electron chi connectivity index (χ1n) is 10.0. The number of aromatic nitrogens is 1. The van der Waals surface area contributed by atoms with Gasteiger partial charge in [-0.05, 0) is 56.0 Å². The van der Waals surface area contributed by atoms with Crippen LogP contribution >= 0.6 is 11.6 Å². The Morgan fingerprint density at radius 1 is 1.14 bits per heavy atom. The fraction of sp³-hybridized carbons (Fsp3) is 0.476. The number of rotatable bonds is 3. The van der Waals surface area contributed by atoms with Gasteiger partial charge in [-0.2, -0.15) is 4.31 Å². The van der Waals surface area contributed by atoms with E-state index in [0.29, 0.717) is 31.1 Å². The molecule has 0 unspecified atom stereocenters. The second-order valence-corrected chi connectivity index (χ2v) is 10.4. The number of halogens is 1. The predicted octanol–water partition coefficient (Wildman–Crippen LogP) is 3.78. The summed E-state index contributed by atoms with van der Waals surface area (Å²) in [5, 5.41) is 0.153. The topological polar surface area (TPSA) is 62.6 Å². The summed E-state index contributed by atoms with van der Waals surface area (Å²) in [7, 11) is -3.74. The van der Waals surface area contributed by atoms with Crippen LogP contribution in [0.5, 0.6) is 0 Å². The van der Waals surface area contributed by atoms with Crippen LogP contribution in [0.1, 0.15) is 48.8 Å². The average Bonchev–Trinajstić information content (AvgIpc) is 3.18. The van der Waals surface area contributed by atoms with Crippen LogP contribution in [0, 0.1) is 5.92 Å². The van der Waals surface area contributed by atoms with E-state index >= 15 is 0 Å². The zero-order chi connectivity index (χ0) is 20.8.